The second-order valence-corrected chi connectivity index (χ2v) is 5.62. The molecule has 0 spiro atoms. The van der Waals surface area contributed by atoms with E-state index in [0.717, 1.165) is 39.4 Å². The van der Waals surface area contributed by atoms with Crippen LogP contribution in [-0.4, -0.2) is 6.54 Å². The van der Waals surface area contributed by atoms with Gasteiger partial charge in [-0.05, 0) is 42.8 Å². The number of para-hydroxylation sites is 1. The molecule has 0 aliphatic rings. The molecule has 0 aliphatic heterocycles. The van der Waals surface area contributed by atoms with Gasteiger partial charge in [-0.15, -0.1) is 0 Å². The van der Waals surface area contributed by atoms with Crippen molar-refractivity contribution in [3.05, 3.63) is 70.4 Å². The van der Waals surface area contributed by atoms with Crippen LogP contribution in [0.25, 0.3) is 11.0 Å². The molecule has 3 aromatic rings. The number of hydrogen-bond acceptors (Lipinski definition) is 2. The van der Waals surface area contributed by atoms with E-state index in [1.54, 1.807) is 0 Å². The van der Waals surface area contributed by atoms with Crippen LogP contribution in [0, 0.1) is 6.92 Å². The maximum Gasteiger partial charge on any atom is 0.137 e. The van der Waals surface area contributed by atoms with E-state index < -0.39 is 0 Å². The summed E-state index contributed by atoms with van der Waals surface area (Å²) in [5, 5.41) is 5.36. The van der Waals surface area contributed by atoms with Crippen LogP contribution in [-0.2, 0) is 0 Å². The first-order chi connectivity index (χ1) is 10.2. The molecule has 0 radical (unpaired) electrons. The zero-order chi connectivity index (χ0) is 14.8. The summed E-state index contributed by atoms with van der Waals surface area (Å²) in [5.41, 5.74) is 3.27. The highest BCUT2D eigenvalue weighted by Gasteiger charge is 2.18. The van der Waals surface area contributed by atoms with Crippen LogP contribution in [0.5, 0.6) is 0 Å². The molecule has 21 heavy (non-hydrogen) atoms. The van der Waals surface area contributed by atoms with Crippen LogP contribution in [0.4, 0.5) is 0 Å². The summed E-state index contributed by atoms with van der Waals surface area (Å²) in [6.07, 6.45) is 0. The summed E-state index contributed by atoms with van der Waals surface area (Å²) in [4.78, 5) is 0. The molecule has 3 heteroatoms. The maximum atomic E-state index is 6.10. The number of benzene rings is 2. The van der Waals surface area contributed by atoms with Crippen molar-refractivity contribution in [2.45, 2.75) is 19.9 Å². The fraction of sp³-hybridized carbons (Fsp3) is 0.222. The van der Waals surface area contributed by atoms with Gasteiger partial charge in [0.25, 0.3) is 0 Å². The van der Waals surface area contributed by atoms with Crippen molar-refractivity contribution >= 4 is 22.6 Å². The fourth-order valence-corrected chi connectivity index (χ4v) is 2.74. The first-order valence-electron chi connectivity index (χ1n) is 7.17. The first-order valence-corrected chi connectivity index (χ1v) is 7.54. The Labute approximate surface area is 129 Å². The van der Waals surface area contributed by atoms with Gasteiger partial charge in [0.2, 0.25) is 0 Å². The Morgan fingerprint density at radius 3 is 2.57 bits per heavy atom. The van der Waals surface area contributed by atoms with Crippen LogP contribution < -0.4 is 5.32 Å². The van der Waals surface area contributed by atoms with Crippen LogP contribution in [0.15, 0.2) is 52.9 Å². The summed E-state index contributed by atoms with van der Waals surface area (Å²) < 4.78 is 6.10. The fourth-order valence-electron chi connectivity index (χ4n) is 2.61. The molecule has 1 heterocycles. The Balaban J connectivity index is 2.06. The number of rotatable bonds is 4. The average molecular weight is 300 g/mol. The highest BCUT2D eigenvalue weighted by atomic mass is 35.5. The van der Waals surface area contributed by atoms with E-state index in [2.05, 4.69) is 43.4 Å². The topological polar surface area (TPSA) is 25.2 Å². The van der Waals surface area contributed by atoms with Crippen molar-refractivity contribution in [3.63, 3.8) is 0 Å². The van der Waals surface area contributed by atoms with Crippen molar-refractivity contribution in [1.82, 2.24) is 5.32 Å². The number of fused-ring (bicyclic) bond motifs is 1. The van der Waals surface area contributed by atoms with Gasteiger partial charge < -0.3 is 9.73 Å². The minimum atomic E-state index is 0.0408. The zero-order valence-corrected chi connectivity index (χ0v) is 12.9. The molecule has 0 fully saturated rings. The van der Waals surface area contributed by atoms with E-state index in [1.165, 1.54) is 0 Å². The van der Waals surface area contributed by atoms with Gasteiger partial charge in [-0.2, -0.15) is 0 Å². The van der Waals surface area contributed by atoms with Gasteiger partial charge in [0.1, 0.15) is 11.3 Å². The van der Waals surface area contributed by atoms with Gasteiger partial charge in [-0.1, -0.05) is 48.9 Å². The molecular formula is C18H18ClNO. The van der Waals surface area contributed by atoms with Crippen molar-refractivity contribution < 1.29 is 4.42 Å². The molecule has 0 saturated carbocycles. The molecule has 2 aromatic carbocycles. The molecule has 0 aliphatic carbocycles. The highest BCUT2D eigenvalue weighted by molar-refractivity contribution is 6.30. The second-order valence-electron chi connectivity index (χ2n) is 5.18. The van der Waals surface area contributed by atoms with Gasteiger partial charge in [0, 0.05) is 10.4 Å². The monoisotopic (exact) mass is 299 g/mol. The molecule has 108 valence electrons. The van der Waals surface area contributed by atoms with E-state index in [4.69, 9.17) is 16.0 Å². The lowest BCUT2D eigenvalue weighted by Crippen LogP contribution is -2.21. The van der Waals surface area contributed by atoms with Gasteiger partial charge in [0.05, 0.1) is 6.04 Å². The third kappa shape index (κ3) is 2.82. The third-order valence-corrected chi connectivity index (χ3v) is 3.91. The zero-order valence-electron chi connectivity index (χ0n) is 12.2. The van der Waals surface area contributed by atoms with E-state index >= 15 is 0 Å². The molecule has 1 atom stereocenters. The lowest BCUT2D eigenvalue weighted by Gasteiger charge is -2.16. The van der Waals surface area contributed by atoms with Gasteiger partial charge >= 0.3 is 0 Å². The predicted molar refractivity (Wildman–Crippen MR) is 87.9 cm³/mol. The lowest BCUT2D eigenvalue weighted by molar-refractivity contribution is 0.476. The minimum absolute atomic E-state index is 0.0408. The first kappa shape index (κ1) is 14.2. The molecule has 1 N–H and O–H groups in total. The normalized spacial score (nSPS) is 12.7. The molecular weight excluding hydrogens is 282 g/mol. The van der Waals surface area contributed by atoms with Crippen molar-refractivity contribution in [2.24, 2.45) is 0 Å². The van der Waals surface area contributed by atoms with Crippen molar-refractivity contribution in [1.29, 1.82) is 0 Å². The molecule has 0 bridgehead atoms. The van der Waals surface area contributed by atoms with Crippen LogP contribution >= 0.6 is 11.6 Å². The van der Waals surface area contributed by atoms with Crippen molar-refractivity contribution in [3.8, 4) is 0 Å². The van der Waals surface area contributed by atoms with Gasteiger partial charge in [-0.3, -0.25) is 0 Å². The van der Waals surface area contributed by atoms with E-state index in [-0.39, 0.29) is 6.04 Å². The summed E-state index contributed by atoms with van der Waals surface area (Å²) in [6.45, 7) is 5.03. The summed E-state index contributed by atoms with van der Waals surface area (Å²) in [5.74, 6) is 0.934. The second kappa shape index (κ2) is 5.92. The van der Waals surface area contributed by atoms with Gasteiger partial charge in [0.15, 0.2) is 0 Å². The maximum absolute atomic E-state index is 6.10. The number of halogens is 1. The molecule has 1 aromatic heterocycles. The Bertz CT molecular complexity index is 746. The predicted octanol–water partition coefficient (Wildman–Crippen LogP) is 5.09. The SMILES string of the molecule is CCNC(c1ccc(Cl)cc1)c1cc2cccc(C)c2o1. The molecule has 2 nitrogen and oxygen atoms in total. The Kier molecular flexibility index (Phi) is 4.00. The van der Waals surface area contributed by atoms with Gasteiger partial charge in [-0.25, -0.2) is 0 Å². The summed E-state index contributed by atoms with van der Waals surface area (Å²) >= 11 is 5.98. The molecule has 1 unspecified atom stereocenters. The van der Waals surface area contributed by atoms with Crippen LogP contribution in [0.2, 0.25) is 5.02 Å². The standard InChI is InChI=1S/C18H18ClNO/c1-3-20-17(13-7-9-15(19)10-8-13)16-11-14-6-4-5-12(2)18(14)21-16/h4-11,17,20H,3H2,1-2H3. The minimum Gasteiger partial charge on any atom is -0.459 e. The Hall–Kier alpha value is -1.77. The molecule has 0 amide bonds. The Morgan fingerprint density at radius 2 is 1.90 bits per heavy atom. The average Bonchev–Trinajstić information content (AvgIpc) is 2.91. The van der Waals surface area contributed by atoms with E-state index in [0.29, 0.717) is 0 Å². The quantitative estimate of drug-likeness (QED) is 0.725. The van der Waals surface area contributed by atoms with E-state index in [1.807, 2.05) is 24.3 Å². The highest BCUT2D eigenvalue weighted by Crippen LogP contribution is 2.30. The van der Waals surface area contributed by atoms with Crippen LogP contribution in [0.1, 0.15) is 29.9 Å². The Morgan fingerprint density at radius 1 is 1.14 bits per heavy atom. The van der Waals surface area contributed by atoms with E-state index in [9.17, 15) is 0 Å². The number of nitrogens with one attached hydrogen (secondary N) is 1. The smallest absolute Gasteiger partial charge is 0.137 e. The number of aryl methyl sites for hydroxylation is 1. The number of hydrogen-bond donors (Lipinski definition) is 1. The third-order valence-electron chi connectivity index (χ3n) is 3.66. The largest absolute Gasteiger partial charge is 0.459 e. The summed E-state index contributed by atoms with van der Waals surface area (Å²) in [6, 6.07) is 16.3. The molecule has 0 saturated heterocycles. The summed E-state index contributed by atoms with van der Waals surface area (Å²) in [7, 11) is 0. The number of furan rings is 1. The van der Waals surface area contributed by atoms with Crippen LogP contribution in [0.3, 0.4) is 0 Å². The molecule has 3 rings (SSSR count). The van der Waals surface area contributed by atoms with Crippen molar-refractivity contribution in [2.75, 3.05) is 6.54 Å². The lowest BCUT2D eigenvalue weighted by atomic mass is 10.0.